The van der Waals surface area contributed by atoms with Crippen molar-refractivity contribution in [2.75, 3.05) is 66.1 Å². The molecule has 0 saturated carbocycles. The molecule has 1 atom stereocenters. The Morgan fingerprint density at radius 3 is 2.62 bits per heavy atom. The molecule has 26 heavy (non-hydrogen) atoms. The van der Waals surface area contributed by atoms with Crippen molar-refractivity contribution in [2.45, 2.75) is 19.9 Å². The van der Waals surface area contributed by atoms with Gasteiger partial charge in [0, 0.05) is 44.6 Å². The highest BCUT2D eigenvalue weighted by molar-refractivity contribution is 14.0. The standard InChI is InChI=1S/C18H33N5OS.HI/c1-4-22(5-2)9-8-20-18(19-3)21-15-16(17-7-6-14-25-17)23-10-12-24-13-11-23;/h6-7,14,16H,4-5,8-13,15H2,1-3H3,(H2,19,20,21);1H. The van der Waals surface area contributed by atoms with Crippen LogP contribution >= 0.6 is 35.3 Å². The van der Waals surface area contributed by atoms with Crippen molar-refractivity contribution in [3.63, 3.8) is 0 Å². The second kappa shape index (κ2) is 13.7. The molecule has 0 radical (unpaired) electrons. The molecule has 1 aromatic rings. The van der Waals surface area contributed by atoms with E-state index in [-0.39, 0.29) is 24.0 Å². The Morgan fingerprint density at radius 1 is 1.31 bits per heavy atom. The number of thiophene rings is 1. The zero-order valence-electron chi connectivity index (χ0n) is 16.2. The predicted molar refractivity (Wildman–Crippen MR) is 122 cm³/mol. The van der Waals surface area contributed by atoms with Crippen molar-refractivity contribution in [2.24, 2.45) is 4.99 Å². The van der Waals surface area contributed by atoms with E-state index in [0.717, 1.165) is 65.0 Å². The number of nitrogens with zero attached hydrogens (tertiary/aromatic N) is 3. The summed E-state index contributed by atoms with van der Waals surface area (Å²) in [4.78, 5) is 10.7. The Morgan fingerprint density at radius 2 is 2.04 bits per heavy atom. The summed E-state index contributed by atoms with van der Waals surface area (Å²) in [5.41, 5.74) is 0. The van der Waals surface area contributed by atoms with E-state index >= 15 is 0 Å². The molecule has 2 N–H and O–H groups in total. The third-order valence-corrected chi connectivity index (χ3v) is 5.63. The maximum atomic E-state index is 5.51. The van der Waals surface area contributed by atoms with Crippen molar-refractivity contribution in [1.29, 1.82) is 0 Å². The fraction of sp³-hybridized carbons (Fsp3) is 0.722. The third kappa shape index (κ3) is 7.67. The van der Waals surface area contributed by atoms with Gasteiger partial charge in [0.1, 0.15) is 0 Å². The summed E-state index contributed by atoms with van der Waals surface area (Å²) in [6, 6.07) is 4.72. The van der Waals surface area contributed by atoms with Gasteiger partial charge in [-0.25, -0.2) is 0 Å². The minimum absolute atomic E-state index is 0. The number of guanidine groups is 1. The van der Waals surface area contributed by atoms with Gasteiger partial charge in [0.15, 0.2) is 5.96 Å². The smallest absolute Gasteiger partial charge is 0.191 e. The van der Waals surface area contributed by atoms with Gasteiger partial charge in [-0.15, -0.1) is 35.3 Å². The highest BCUT2D eigenvalue weighted by Gasteiger charge is 2.23. The number of rotatable bonds is 9. The molecule has 2 rings (SSSR count). The lowest BCUT2D eigenvalue weighted by Gasteiger charge is -2.34. The second-order valence-corrected chi connectivity index (χ2v) is 7.07. The maximum absolute atomic E-state index is 5.51. The largest absolute Gasteiger partial charge is 0.379 e. The van der Waals surface area contributed by atoms with Crippen molar-refractivity contribution in [1.82, 2.24) is 20.4 Å². The van der Waals surface area contributed by atoms with Crippen LogP contribution in [0.2, 0.25) is 0 Å². The van der Waals surface area contributed by atoms with Gasteiger partial charge in [0.2, 0.25) is 0 Å². The van der Waals surface area contributed by atoms with Crippen molar-refractivity contribution >= 4 is 41.3 Å². The SMILES string of the molecule is CCN(CC)CCNC(=NC)NCC(c1cccs1)N1CCOCC1.I. The number of aliphatic imine (C=N–C) groups is 1. The van der Waals surface area contributed by atoms with Crippen LogP contribution in [-0.2, 0) is 4.74 Å². The first-order chi connectivity index (χ1) is 12.3. The Hall–Kier alpha value is -0.420. The van der Waals surface area contributed by atoms with E-state index in [4.69, 9.17) is 4.74 Å². The molecule has 2 heterocycles. The molecule has 1 aromatic heterocycles. The fourth-order valence-corrected chi connectivity index (χ4v) is 3.93. The molecule has 6 nitrogen and oxygen atoms in total. The Kier molecular flexibility index (Phi) is 12.4. The van der Waals surface area contributed by atoms with Crippen LogP contribution in [0.1, 0.15) is 24.8 Å². The van der Waals surface area contributed by atoms with Gasteiger partial charge in [-0.1, -0.05) is 19.9 Å². The number of ether oxygens (including phenoxy) is 1. The zero-order valence-corrected chi connectivity index (χ0v) is 19.4. The first kappa shape index (κ1) is 23.6. The molecule has 1 fully saturated rings. The fourth-order valence-electron chi connectivity index (χ4n) is 3.07. The number of likely N-dealkylation sites (N-methyl/N-ethyl adjacent to an activating group) is 1. The minimum Gasteiger partial charge on any atom is -0.379 e. The Balaban J connectivity index is 0.00000338. The number of halogens is 1. The van der Waals surface area contributed by atoms with E-state index < -0.39 is 0 Å². The summed E-state index contributed by atoms with van der Waals surface area (Å²) in [5, 5.41) is 9.09. The number of morpholine rings is 1. The molecule has 0 aliphatic carbocycles. The molecule has 8 heteroatoms. The summed E-state index contributed by atoms with van der Waals surface area (Å²) in [7, 11) is 1.83. The summed E-state index contributed by atoms with van der Waals surface area (Å²) >= 11 is 1.82. The first-order valence-electron chi connectivity index (χ1n) is 9.30. The van der Waals surface area contributed by atoms with Gasteiger partial charge in [0.25, 0.3) is 0 Å². The lowest BCUT2D eigenvalue weighted by atomic mass is 10.2. The quantitative estimate of drug-likeness (QED) is 0.313. The van der Waals surface area contributed by atoms with Gasteiger partial charge in [0.05, 0.1) is 19.3 Å². The predicted octanol–water partition coefficient (Wildman–Crippen LogP) is 2.25. The highest BCUT2D eigenvalue weighted by Crippen LogP contribution is 2.25. The van der Waals surface area contributed by atoms with Gasteiger partial charge in [-0.3, -0.25) is 9.89 Å². The van der Waals surface area contributed by atoms with E-state index in [2.05, 4.69) is 56.8 Å². The zero-order chi connectivity index (χ0) is 17.9. The van der Waals surface area contributed by atoms with Gasteiger partial charge in [-0.05, 0) is 24.5 Å². The maximum Gasteiger partial charge on any atom is 0.191 e. The van der Waals surface area contributed by atoms with Crippen molar-refractivity contribution < 1.29 is 4.74 Å². The second-order valence-electron chi connectivity index (χ2n) is 6.09. The van der Waals surface area contributed by atoms with E-state index in [0.29, 0.717) is 6.04 Å². The molecular weight excluding hydrogens is 461 g/mol. The van der Waals surface area contributed by atoms with Crippen LogP contribution in [-0.4, -0.2) is 81.8 Å². The summed E-state index contributed by atoms with van der Waals surface area (Å²) < 4.78 is 5.51. The molecule has 1 saturated heterocycles. The molecule has 0 spiro atoms. The molecule has 0 amide bonds. The molecule has 1 aliphatic heterocycles. The van der Waals surface area contributed by atoms with Crippen LogP contribution in [0.15, 0.2) is 22.5 Å². The van der Waals surface area contributed by atoms with Crippen molar-refractivity contribution in [3.8, 4) is 0 Å². The molecule has 1 unspecified atom stereocenters. The van der Waals surface area contributed by atoms with E-state index in [1.165, 1.54) is 4.88 Å². The topological polar surface area (TPSA) is 52.1 Å². The van der Waals surface area contributed by atoms with Crippen LogP contribution < -0.4 is 10.6 Å². The third-order valence-electron chi connectivity index (χ3n) is 4.66. The molecule has 150 valence electrons. The normalized spacial score (nSPS) is 17.0. The lowest BCUT2D eigenvalue weighted by molar-refractivity contribution is 0.0177. The average Bonchev–Trinajstić information content (AvgIpc) is 3.19. The van der Waals surface area contributed by atoms with Gasteiger partial charge >= 0.3 is 0 Å². The Bertz CT molecular complexity index is 490. The number of nitrogens with one attached hydrogen (secondary N) is 2. The summed E-state index contributed by atoms with van der Waals surface area (Å²) in [6.45, 7) is 13.0. The summed E-state index contributed by atoms with van der Waals surface area (Å²) in [5.74, 6) is 0.877. The van der Waals surface area contributed by atoms with E-state index in [1.807, 2.05) is 18.4 Å². The first-order valence-corrected chi connectivity index (χ1v) is 10.2. The van der Waals surface area contributed by atoms with Crippen LogP contribution in [0.3, 0.4) is 0 Å². The molecule has 0 aromatic carbocycles. The van der Waals surface area contributed by atoms with Crippen LogP contribution in [0.5, 0.6) is 0 Å². The average molecular weight is 495 g/mol. The number of hydrogen-bond acceptors (Lipinski definition) is 5. The summed E-state index contributed by atoms with van der Waals surface area (Å²) in [6.07, 6.45) is 0. The van der Waals surface area contributed by atoms with E-state index in [9.17, 15) is 0 Å². The molecule has 0 bridgehead atoms. The van der Waals surface area contributed by atoms with Crippen LogP contribution in [0.25, 0.3) is 0 Å². The monoisotopic (exact) mass is 495 g/mol. The van der Waals surface area contributed by atoms with Crippen molar-refractivity contribution in [3.05, 3.63) is 22.4 Å². The molecule has 1 aliphatic rings. The van der Waals surface area contributed by atoms with E-state index in [1.54, 1.807) is 0 Å². The minimum atomic E-state index is 0. The van der Waals surface area contributed by atoms with Gasteiger partial charge < -0.3 is 20.3 Å². The Labute approximate surface area is 179 Å². The van der Waals surface area contributed by atoms with Crippen LogP contribution in [0, 0.1) is 0 Å². The highest BCUT2D eigenvalue weighted by atomic mass is 127. The lowest BCUT2D eigenvalue weighted by Crippen LogP contribution is -2.47. The number of hydrogen-bond donors (Lipinski definition) is 2. The molecular formula is C18H34IN5OS. The van der Waals surface area contributed by atoms with Crippen LogP contribution in [0.4, 0.5) is 0 Å². The van der Waals surface area contributed by atoms with Gasteiger partial charge in [-0.2, -0.15) is 0 Å².